The van der Waals surface area contributed by atoms with Gasteiger partial charge in [-0.25, -0.2) is 13.6 Å². The Kier molecular flexibility index (Phi) is 5.55. The molecule has 1 saturated heterocycles. The molecule has 2 aliphatic rings. The van der Waals surface area contributed by atoms with Crippen molar-refractivity contribution in [3.8, 4) is 0 Å². The van der Waals surface area contributed by atoms with E-state index in [0.717, 1.165) is 24.1 Å². The molecule has 148 valence electrons. The Morgan fingerprint density at radius 1 is 1.26 bits per heavy atom. The van der Waals surface area contributed by atoms with Gasteiger partial charge in [-0.15, -0.1) is 0 Å². The van der Waals surface area contributed by atoms with Gasteiger partial charge in [0.25, 0.3) is 0 Å². The molecule has 8 nitrogen and oxygen atoms in total. The van der Waals surface area contributed by atoms with Gasteiger partial charge in [-0.3, -0.25) is 14.5 Å². The van der Waals surface area contributed by atoms with Crippen LogP contribution in [0.15, 0.2) is 23.1 Å². The highest BCUT2D eigenvalue weighted by atomic mass is 32.2. The average molecular weight is 394 g/mol. The van der Waals surface area contributed by atoms with Gasteiger partial charge in [0, 0.05) is 24.7 Å². The molecule has 0 bridgehead atoms. The van der Waals surface area contributed by atoms with Crippen LogP contribution in [0.3, 0.4) is 0 Å². The number of hydrogen-bond donors (Lipinski definition) is 2. The molecule has 2 aliphatic heterocycles. The molecule has 27 heavy (non-hydrogen) atoms. The predicted octanol–water partition coefficient (Wildman–Crippen LogP) is 0.0696. The summed E-state index contributed by atoms with van der Waals surface area (Å²) in [5.74, 6) is 0.0705. The van der Waals surface area contributed by atoms with E-state index in [-0.39, 0.29) is 28.7 Å². The highest BCUT2D eigenvalue weighted by molar-refractivity contribution is 7.89. The van der Waals surface area contributed by atoms with Crippen LogP contribution in [-0.4, -0.2) is 57.9 Å². The molecule has 1 aromatic rings. The Labute approximate surface area is 159 Å². The molecule has 1 atom stereocenters. The first-order valence-electron chi connectivity index (χ1n) is 9.12. The van der Waals surface area contributed by atoms with Gasteiger partial charge < -0.3 is 10.2 Å². The molecule has 2 amide bonds. The van der Waals surface area contributed by atoms with Crippen LogP contribution in [0.25, 0.3) is 0 Å². The number of rotatable bonds is 4. The summed E-state index contributed by atoms with van der Waals surface area (Å²) in [6.07, 6.45) is 2.09. The number of nitrogens with zero attached hydrogens (tertiary/aromatic N) is 2. The molecule has 1 unspecified atom stereocenters. The number of benzene rings is 1. The van der Waals surface area contributed by atoms with E-state index in [0.29, 0.717) is 26.1 Å². The molecule has 1 fully saturated rings. The summed E-state index contributed by atoms with van der Waals surface area (Å²) < 4.78 is 23.1. The van der Waals surface area contributed by atoms with Gasteiger partial charge in [0.15, 0.2) is 0 Å². The van der Waals surface area contributed by atoms with Crippen LogP contribution in [0.4, 0.5) is 5.69 Å². The Balaban J connectivity index is 1.68. The average Bonchev–Trinajstić information content (AvgIpc) is 2.95. The zero-order valence-electron chi connectivity index (χ0n) is 15.6. The number of piperidine rings is 1. The van der Waals surface area contributed by atoms with Crippen molar-refractivity contribution in [2.75, 3.05) is 31.6 Å². The molecule has 3 rings (SSSR count). The first-order valence-corrected chi connectivity index (χ1v) is 10.7. The number of hydrogen-bond acceptors (Lipinski definition) is 5. The summed E-state index contributed by atoms with van der Waals surface area (Å²) in [6, 6.07) is 4.63. The maximum Gasteiger partial charge on any atom is 0.241 e. The van der Waals surface area contributed by atoms with E-state index in [9.17, 15) is 18.0 Å². The smallest absolute Gasteiger partial charge is 0.241 e. The number of fused-ring (bicyclic) bond motifs is 1. The number of primary sulfonamides is 1. The SMILES string of the molecule is CNC(=O)C1CCN(CC(=O)N2c3ccc(S(N)(=O)=O)cc3CC2C)CC1. The van der Waals surface area contributed by atoms with Crippen molar-refractivity contribution in [3.05, 3.63) is 23.8 Å². The van der Waals surface area contributed by atoms with E-state index in [1.807, 2.05) is 6.92 Å². The van der Waals surface area contributed by atoms with E-state index >= 15 is 0 Å². The minimum absolute atomic E-state index is 0.0111. The van der Waals surface area contributed by atoms with Crippen molar-refractivity contribution in [1.82, 2.24) is 10.2 Å². The minimum atomic E-state index is -3.76. The lowest BCUT2D eigenvalue weighted by atomic mass is 9.96. The van der Waals surface area contributed by atoms with E-state index < -0.39 is 10.0 Å². The van der Waals surface area contributed by atoms with Crippen molar-refractivity contribution < 1.29 is 18.0 Å². The lowest BCUT2D eigenvalue weighted by Gasteiger charge is -2.32. The molecule has 2 heterocycles. The second kappa shape index (κ2) is 7.57. The molecule has 0 saturated carbocycles. The molecule has 1 aromatic carbocycles. The number of sulfonamides is 1. The standard InChI is InChI=1S/C18H26N4O4S/c1-12-9-14-10-15(27(19,25)26)3-4-16(14)22(12)17(23)11-21-7-5-13(6-8-21)18(24)20-2/h3-4,10,12-13H,5-9,11H2,1-2H3,(H,20,24)(H2,19,25,26). The van der Waals surface area contributed by atoms with Crippen LogP contribution in [0.5, 0.6) is 0 Å². The van der Waals surface area contributed by atoms with E-state index in [1.165, 1.54) is 6.07 Å². The second-order valence-electron chi connectivity index (χ2n) is 7.32. The Morgan fingerprint density at radius 2 is 1.93 bits per heavy atom. The number of nitrogens with one attached hydrogen (secondary N) is 1. The zero-order chi connectivity index (χ0) is 19.8. The monoisotopic (exact) mass is 394 g/mol. The fourth-order valence-electron chi connectivity index (χ4n) is 3.99. The largest absolute Gasteiger partial charge is 0.359 e. The van der Waals surface area contributed by atoms with Crippen molar-refractivity contribution >= 4 is 27.5 Å². The van der Waals surface area contributed by atoms with Crippen LogP contribution in [-0.2, 0) is 26.0 Å². The first-order chi connectivity index (χ1) is 12.7. The van der Waals surface area contributed by atoms with Crippen molar-refractivity contribution in [3.63, 3.8) is 0 Å². The summed E-state index contributed by atoms with van der Waals surface area (Å²) in [7, 11) is -2.12. The zero-order valence-corrected chi connectivity index (χ0v) is 16.5. The topological polar surface area (TPSA) is 113 Å². The van der Waals surface area contributed by atoms with Gasteiger partial charge in [0.1, 0.15) is 0 Å². The van der Waals surface area contributed by atoms with Gasteiger partial charge in [-0.1, -0.05) is 0 Å². The first kappa shape index (κ1) is 19.8. The molecule has 0 aromatic heterocycles. The fourth-order valence-corrected chi connectivity index (χ4v) is 4.55. The lowest BCUT2D eigenvalue weighted by molar-refractivity contribution is -0.126. The third kappa shape index (κ3) is 4.15. The van der Waals surface area contributed by atoms with Crippen LogP contribution < -0.4 is 15.4 Å². The normalized spacial score (nSPS) is 21.1. The second-order valence-corrected chi connectivity index (χ2v) is 8.88. The predicted molar refractivity (Wildman–Crippen MR) is 102 cm³/mol. The van der Waals surface area contributed by atoms with Crippen molar-refractivity contribution in [2.24, 2.45) is 11.1 Å². The highest BCUT2D eigenvalue weighted by Gasteiger charge is 2.33. The van der Waals surface area contributed by atoms with Gasteiger partial charge in [-0.05, 0) is 63.0 Å². The van der Waals surface area contributed by atoms with Crippen LogP contribution in [0.1, 0.15) is 25.3 Å². The molecular formula is C18H26N4O4S. The number of likely N-dealkylation sites (tertiary alicyclic amines) is 1. The van der Waals surface area contributed by atoms with Gasteiger partial charge in [-0.2, -0.15) is 0 Å². The van der Waals surface area contributed by atoms with E-state index in [4.69, 9.17) is 5.14 Å². The molecule has 0 radical (unpaired) electrons. The third-order valence-corrected chi connectivity index (χ3v) is 6.34. The van der Waals surface area contributed by atoms with E-state index in [2.05, 4.69) is 10.2 Å². The summed E-state index contributed by atoms with van der Waals surface area (Å²) in [5, 5.41) is 7.89. The summed E-state index contributed by atoms with van der Waals surface area (Å²) in [6.45, 7) is 3.67. The van der Waals surface area contributed by atoms with Gasteiger partial charge in [0.05, 0.1) is 11.4 Å². The summed E-state index contributed by atoms with van der Waals surface area (Å²) in [5.41, 5.74) is 1.57. The third-order valence-electron chi connectivity index (χ3n) is 5.43. The number of carbonyl (C=O) groups is 2. The molecule has 0 spiro atoms. The molecule has 0 aliphatic carbocycles. The Bertz CT molecular complexity index is 847. The molecule has 9 heteroatoms. The highest BCUT2D eigenvalue weighted by Crippen LogP contribution is 2.34. The number of carbonyl (C=O) groups excluding carboxylic acids is 2. The van der Waals surface area contributed by atoms with Crippen LogP contribution in [0.2, 0.25) is 0 Å². The van der Waals surface area contributed by atoms with Crippen molar-refractivity contribution in [1.29, 1.82) is 0 Å². The Hall–Kier alpha value is -1.97. The molecular weight excluding hydrogens is 368 g/mol. The number of nitrogens with two attached hydrogens (primary N) is 1. The lowest BCUT2D eigenvalue weighted by Crippen LogP contribution is -2.46. The Morgan fingerprint density at radius 3 is 2.52 bits per heavy atom. The number of anilines is 1. The maximum atomic E-state index is 12.9. The molecule has 3 N–H and O–H groups in total. The quantitative estimate of drug-likeness (QED) is 0.750. The fraction of sp³-hybridized carbons (Fsp3) is 0.556. The van der Waals surface area contributed by atoms with Crippen LogP contribution >= 0.6 is 0 Å². The summed E-state index contributed by atoms with van der Waals surface area (Å²) in [4.78, 5) is 28.5. The van der Waals surface area contributed by atoms with Crippen LogP contribution in [0, 0.1) is 5.92 Å². The summed E-state index contributed by atoms with van der Waals surface area (Å²) >= 11 is 0. The van der Waals surface area contributed by atoms with Crippen molar-refractivity contribution in [2.45, 2.75) is 37.1 Å². The van der Waals surface area contributed by atoms with Gasteiger partial charge in [0.2, 0.25) is 21.8 Å². The van der Waals surface area contributed by atoms with E-state index in [1.54, 1.807) is 24.1 Å². The minimum Gasteiger partial charge on any atom is -0.359 e. The van der Waals surface area contributed by atoms with Gasteiger partial charge >= 0.3 is 0 Å². The number of amides is 2. The maximum absolute atomic E-state index is 12.9.